The quantitative estimate of drug-likeness (QED) is 0.930. The average molecular weight is 317 g/mol. The van der Waals surface area contributed by atoms with Gasteiger partial charge in [-0.15, -0.1) is 0 Å². The lowest BCUT2D eigenvalue weighted by Gasteiger charge is -2.23. The van der Waals surface area contributed by atoms with Gasteiger partial charge in [0, 0.05) is 37.3 Å². The van der Waals surface area contributed by atoms with Crippen LogP contribution in [0.25, 0.3) is 0 Å². The van der Waals surface area contributed by atoms with Gasteiger partial charge in [-0.1, -0.05) is 12.1 Å². The molecule has 1 saturated heterocycles. The van der Waals surface area contributed by atoms with Gasteiger partial charge in [-0.25, -0.2) is 9.37 Å². The molecule has 2 heterocycles. The van der Waals surface area contributed by atoms with Crippen molar-refractivity contribution in [1.29, 1.82) is 0 Å². The Hall–Kier alpha value is -2.05. The van der Waals surface area contributed by atoms with Crippen LogP contribution in [-0.4, -0.2) is 41.2 Å². The van der Waals surface area contributed by atoms with Gasteiger partial charge in [0.2, 0.25) is 0 Å². The number of halogens is 1. The Bertz CT molecular complexity index is 687. The summed E-state index contributed by atoms with van der Waals surface area (Å²) in [6.45, 7) is 3.82. The molecule has 5 nitrogen and oxygen atoms in total. The zero-order valence-electron chi connectivity index (χ0n) is 12.9. The molecule has 0 unspecified atom stereocenters. The Balaban J connectivity index is 1.63. The molecule has 1 aromatic heterocycles. The Morgan fingerprint density at radius 2 is 2.17 bits per heavy atom. The molecule has 1 aliphatic rings. The molecule has 0 amide bonds. The van der Waals surface area contributed by atoms with E-state index in [0.29, 0.717) is 19.6 Å². The molecule has 0 bridgehead atoms. The first kappa shape index (κ1) is 15.8. The van der Waals surface area contributed by atoms with Crippen LogP contribution in [0.15, 0.2) is 41.5 Å². The third kappa shape index (κ3) is 4.71. The van der Waals surface area contributed by atoms with E-state index in [4.69, 9.17) is 4.74 Å². The van der Waals surface area contributed by atoms with Crippen LogP contribution in [0.4, 0.5) is 4.39 Å². The smallest absolute Gasteiger partial charge is 0.250 e. The SMILES string of the molecule is O=c1cc(C[C@@H]2COCCN(Cc3ccc(F)cc3)C2)nc[nH]1. The molecule has 3 rings (SSSR count). The Morgan fingerprint density at radius 3 is 2.96 bits per heavy atom. The fraction of sp³-hybridized carbons (Fsp3) is 0.412. The van der Waals surface area contributed by atoms with Crippen molar-refractivity contribution >= 4 is 0 Å². The van der Waals surface area contributed by atoms with Crippen molar-refractivity contribution in [3.8, 4) is 0 Å². The van der Waals surface area contributed by atoms with E-state index in [1.54, 1.807) is 0 Å². The number of H-pyrrole nitrogens is 1. The van der Waals surface area contributed by atoms with Crippen LogP contribution < -0.4 is 5.56 Å². The fourth-order valence-corrected chi connectivity index (χ4v) is 2.88. The lowest BCUT2D eigenvalue weighted by molar-refractivity contribution is 0.121. The van der Waals surface area contributed by atoms with E-state index in [9.17, 15) is 9.18 Å². The van der Waals surface area contributed by atoms with E-state index in [1.807, 2.05) is 12.1 Å². The van der Waals surface area contributed by atoms with Crippen molar-refractivity contribution in [2.75, 3.05) is 26.3 Å². The summed E-state index contributed by atoms with van der Waals surface area (Å²) in [6.07, 6.45) is 2.15. The molecule has 122 valence electrons. The van der Waals surface area contributed by atoms with E-state index >= 15 is 0 Å². The van der Waals surface area contributed by atoms with E-state index < -0.39 is 0 Å². The predicted molar refractivity (Wildman–Crippen MR) is 84.5 cm³/mol. The van der Waals surface area contributed by atoms with Gasteiger partial charge in [-0.2, -0.15) is 0 Å². The fourth-order valence-electron chi connectivity index (χ4n) is 2.88. The molecule has 0 radical (unpaired) electrons. The summed E-state index contributed by atoms with van der Waals surface area (Å²) < 4.78 is 18.7. The zero-order valence-corrected chi connectivity index (χ0v) is 12.9. The maximum atomic E-state index is 13.0. The summed E-state index contributed by atoms with van der Waals surface area (Å²) in [6, 6.07) is 8.14. The van der Waals surface area contributed by atoms with Gasteiger partial charge in [0.15, 0.2) is 0 Å². The third-order valence-electron chi connectivity index (χ3n) is 3.97. The molecule has 1 aromatic carbocycles. The molecule has 1 atom stereocenters. The molecule has 6 heteroatoms. The molecule has 23 heavy (non-hydrogen) atoms. The molecular formula is C17H20FN3O2. The van der Waals surface area contributed by atoms with Gasteiger partial charge < -0.3 is 9.72 Å². The second kappa shape index (κ2) is 7.48. The molecule has 0 saturated carbocycles. The van der Waals surface area contributed by atoms with Gasteiger partial charge >= 0.3 is 0 Å². The van der Waals surface area contributed by atoms with Gasteiger partial charge in [0.25, 0.3) is 5.56 Å². The second-order valence-electron chi connectivity index (χ2n) is 5.91. The van der Waals surface area contributed by atoms with Crippen molar-refractivity contribution < 1.29 is 9.13 Å². The molecule has 1 N–H and O–H groups in total. The Kier molecular flexibility index (Phi) is 5.15. The van der Waals surface area contributed by atoms with Crippen molar-refractivity contribution in [2.45, 2.75) is 13.0 Å². The standard InChI is InChI=1S/C17H20FN3O2/c18-15-3-1-13(2-4-15)9-21-5-6-23-11-14(10-21)7-16-8-17(22)20-12-19-16/h1-4,8,12,14H,5-7,9-11H2,(H,19,20,22)/t14-/m0/s1. The van der Waals surface area contributed by atoms with Gasteiger partial charge in [-0.05, 0) is 24.1 Å². The topological polar surface area (TPSA) is 58.2 Å². The van der Waals surface area contributed by atoms with Crippen LogP contribution in [0.3, 0.4) is 0 Å². The van der Waals surface area contributed by atoms with Crippen LogP contribution in [0.1, 0.15) is 11.3 Å². The summed E-state index contributed by atoms with van der Waals surface area (Å²) in [5, 5.41) is 0. The molecular weight excluding hydrogens is 297 g/mol. The number of rotatable bonds is 4. The first-order valence-corrected chi connectivity index (χ1v) is 7.77. The van der Waals surface area contributed by atoms with E-state index in [0.717, 1.165) is 30.9 Å². The largest absolute Gasteiger partial charge is 0.380 e. The molecule has 0 spiro atoms. The molecule has 2 aromatic rings. The van der Waals surface area contributed by atoms with Gasteiger partial charge in [-0.3, -0.25) is 9.69 Å². The zero-order chi connectivity index (χ0) is 16.1. The minimum absolute atomic E-state index is 0.132. The Morgan fingerprint density at radius 1 is 1.35 bits per heavy atom. The summed E-state index contributed by atoms with van der Waals surface area (Å²) in [5.41, 5.74) is 1.74. The van der Waals surface area contributed by atoms with Crippen LogP contribution in [0, 0.1) is 11.7 Å². The first-order chi connectivity index (χ1) is 11.2. The lowest BCUT2D eigenvalue weighted by Crippen LogP contribution is -2.30. The maximum Gasteiger partial charge on any atom is 0.250 e. The number of ether oxygens (including phenoxy) is 1. The lowest BCUT2D eigenvalue weighted by atomic mass is 10.0. The van der Waals surface area contributed by atoms with Crippen molar-refractivity contribution in [1.82, 2.24) is 14.9 Å². The van der Waals surface area contributed by atoms with E-state index in [-0.39, 0.29) is 17.3 Å². The van der Waals surface area contributed by atoms with Crippen LogP contribution >= 0.6 is 0 Å². The molecule has 1 fully saturated rings. The van der Waals surface area contributed by atoms with Crippen molar-refractivity contribution in [3.05, 3.63) is 64.1 Å². The number of nitrogens with one attached hydrogen (secondary N) is 1. The molecule has 0 aliphatic carbocycles. The third-order valence-corrected chi connectivity index (χ3v) is 3.97. The second-order valence-corrected chi connectivity index (χ2v) is 5.91. The number of aromatic amines is 1. The van der Waals surface area contributed by atoms with Crippen molar-refractivity contribution in [3.63, 3.8) is 0 Å². The minimum atomic E-state index is -0.216. The van der Waals surface area contributed by atoms with Gasteiger partial charge in [0.05, 0.1) is 19.5 Å². The van der Waals surface area contributed by atoms with Crippen molar-refractivity contribution in [2.24, 2.45) is 5.92 Å². The van der Waals surface area contributed by atoms with Gasteiger partial charge in [0.1, 0.15) is 5.82 Å². The summed E-state index contributed by atoms with van der Waals surface area (Å²) in [4.78, 5) is 20.4. The predicted octanol–water partition coefficient (Wildman–Crippen LogP) is 1.60. The highest BCUT2D eigenvalue weighted by Gasteiger charge is 2.19. The van der Waals surface area contributed by atoms with Crippen LogP contribution in [0.5, 0.6) is 0 Å². The number of benzene rings is 1. The van der Waals surface area contributed by atoms with E-state index in [2.05, 4.69) is 14.9 Å². The first-order valence-electron chi connectivity index (χ1n) is 7.77. The van der Waals surface area contributed by atoms with Crippen LogP contribution in [-0.2, 0) is 17.7 Å². The highest BCUT2D eigenvalue weighted by Crippen LogP contribution is 2.15. The number of aromatic nitrogens is 2. The summed E-state index contributed by atoms with van der Waals surface area (Å²) in [5.74, 6) is 0.0680. The number of hydrogen-bond acceptors (Lipinski definition) is 4. The van der Waals surface area contributed by atoms with Crippen LogP contribution in [0.2, 0.25) is 0 Å². The van der Waals surface area contributed by atoms with E-state index in [1.165, 1.54) is 24.5 Å². The maximum absolute atomic E-state index is 13.0. The number of nitrogens with zero attached hydrogens (tertiary/aromatic N) is 2. The average Bonchev–Trinajstić information content (AvgIpc) is 2.75. The number of hydrogen-bond donors (Lipinski definition) is 1. The minimum Gasteiger partial charge on any atom is -0.380 e. The monoisotopic (exact) mass is 317 g/mol. The normalized spacial score (nSPS) is 19.4. The highest BCUT2D eigenvalue weighted by molar-refractivity contribution is 5.16. The Labute approximate surface area is 134 Å². The highest BCUT2D eigenvalue weighted by atomic mass is 19.1. The summed E-state index contributed by atoms with van der Waals surface area (Å²) in [7, 11) is 0. The summed E-state index contributed by atoms with van der Waals surface area (Å²) >= 11 is 0. The molecule has 1 aliphatic heterocycles.